The van der Waals surface area contributed by atoms with Gasteiger partial charge in [-0.05, 0) is 63.1 Å². The second kappa shape index (κ2) is 4.00. The Labute approximate surface area is 91.6 Å². The van der Waals surface area contributed by atoms with Crippen LogP contribution in [-0.4, -0.2) is 0 Å². The highest BCUT2D eigenvalue weighted by molar-refractivity contribution is 14.1. The highest BCUT2D eigenvalue weighted by Gasteiger charge is 2.12. The first-order valence-corrected chi connectivity index (χ1v) is 5.13. The number of hydrogen-bond acceptors (Lipinski definition) is 0. The predicted molar refractivity (Wildman–Crippen MR) is 56.6 cm³/mol. The van der Waals surface area contributed by atoms with Crippen LogP contribution in [0.5, 0.6) is 0 Å². The van der Waals surface area contributed by atoms with Gasteiger partial charge < -0.3 is 0 Å². The minimum atomic E-state index is -2.39. The molecule has 4 heteroatoms. The van der Waals surface area contributed by atoms with E-state index < -0.39 is 6.43 Å². The van der Waals surface area contributed by atoms with Crippen molar-refractivity contribution in [3.63, 3.8) is 0 Å². The van der Waals surface area contributed by atoms with Gasteiger partial charge in [0.2, 0.25) is 0 Å². The van der Waals surface area contributed by atoms with Crippen LogP contribution in [0.3, 0.4) is 0 Å². The molecule has 1 aromatic rings. The fraction of sp³-hybridized carbons (Fsp3) is 0.250. The summed E-state index contributed by atoms with van der Waals surface area (Å²) in [5.41, 5.74) is 0.736. The molecule has 0 atom stereocenters. The van der Waals surface area contributed by atoms with Crippen molar-refractivity contribution in [1.29, 1.82) is 0 Å². The van der Waals surface area contributed by atoms with Gasteiger partial charge in [-0.15, -0.1) is 0 Å². The molecule has 0 amide bonds. The summed E-state index contributed by atoms with van der Waals surface area (Å²) in [7, 11) is 0. The Morgan fingerprint density at radius 3 is 2.50 bits per heavy atom. The summed E-state index contributed by atoms with van der Waals surface area (Å²) in [5, 5.41) is 0. The van der Waals surface area contributed by atoms with E-state index in [1.807, 2.05) is 0 Å². The molecule has 0 heterocycles. The molecule has 0 aliphatic heterocycles. The van der Waals surface area contributed by atoms with Gasteiger partial charge in [-0.2, -0.15) is 0 Å². The number of halogens is 4. The highest BCUT2D eigenvalue weighted by Crippen LogP contribution is 2.29. The minimum absolute atomic E-state index is 0.0993. The number of benzene rings is 1. The van der Waals surface area contributed by atoms with Crippen LogP contribution in [0.1, 0.15) is 17.6 Å². The third-order valence-corrected chi connectivity index (χ3v) is 3.83. The van der Waals surface area contributed by atoms with E-state index >= 15 is 0 Å². The maximum Gasteiger partial charge on any atom is 0.264 e. The van der Waals surface area contributed by atoms with Crippen molar-refractivity contribution in [2.75, 3.05) is 0 Å². The van der Waals surface area contributed by atoms with E-state index in [0.29, 0.717) is 5.56 Å². The smallest absolute Gasteiger partial charge is 0.205 e. The van der Waals surface area contributed by atoms with Gasteiger partial charge in [0.1, 0.15) is 0 Å². The van der Waals surface area contributed by atoms with Gasteiger partial charge in [-0.3, -0.25) is 0 Å². The Hall–Kier alpha value is 0.290. The Bertz CT molecular complexity index is 299. The average molecular weight is 347 g/mol. The third-order valence-electron chi connectivity index (χ3n) is 1.54. The van der Waals surface area contributed by atoms with Gasteiger partial charge in [-0.25, -0.2) is 8.78 Å². The second-order valence-corrected chi connectivity index (χ2v) is 4.44. The summed E-state index contributed by atoms with van der Waals surface area (Å²) in [5.74, 6) is 0. The van der Waals surface area contributed by atoms with E-state index in [4.69, 9.17) is 0 Å². The van der Waals surface area contributed by atoms with E-state index in [0.717, 1.165) is 8.04 Å². The van der Waals surface area contributed by atoms with Crippen LogP contribution in [-0.2, 0) is 0 Å². The zero-order valence-electron chi connectivity index (χ0n) is 6.24. The molecule has 12 heavy (non-hydrogen) atoms. The summed E-state index contributed by atoms with van der Waals surface area (Å²) in [6.45, 7) is 1.69. The van der Waals surface area contributed by atoms with Gasteiger partial charge >= 0.3 is 0 Å². The first-order chi connectivity index (χ1) is 5.52. The molecule has 0 bridgehead atoms. The SMILES string of the molecule is Cc1cc(I)c(Br)cc1C(F)F. The number of alkyl halides is 2. The van der Waals surface area contributed by atoms with E-state index in [-0.39, 0.29) is 5.56 Å². The molecular weight excluding hydrogens is 341 g/mol. The standard InChI is InChI=1S/C8H6BrF2I/c1-4-2-7(12)6(9)3-5(4)8(10)11/h2-3,8H,1H3. The molecule has 1 rings (SSSR count). The van der Waals surface area contributed by atoms with Crippen molar-refractivity contribution in [2.24, 2.45) is 0 Å². The van der Waals surface area contributed by atoms with E-state index in [1.54, 1.807) is 13.0 Å². The summed E-state index contributed by atoms with van der Waals surface area (Å²) >= 11 is 5.31. The molecule has 0 unspecified atom stereocenters. The summed E-state index contributed by atoms with van der Waals surface area (Å²) < 4.78 is 26.3. The van der Waals surface area contributed by atoms with Crippen molar-refractivity contribution >= 4 is 38.5 Å². The lowest BCUT2D eigenvalue weighted by atomic mass is 10.1. The first kappa shape index (κ1) is 10.4. The normalized spacial score (nSPS) is 10.8. The molecule has 0 aliphatic carbocycles. The van der Waals surface area contributed by atoms with E-state index in [1.165, 1.54) is 6.07 Å². The zero-order chi connectivity index (χ0) is 9.30. The lowest BCUT2D eigenvalue weighted by molar-refractivity contribution is 0.150. The maximum absolute atomic E-state index is 12.3. The Balaban J connectivity index is 3.23. The Kier molecular flexibility index (Phi) is 3.46. The first-order valence-electron chi connectivity index (χ1n) is 3.26. The molecule has 0 saturated heterocycles. The molecule has 0 N–H and O–H groups in total. The quantitative estimate of drug-likeness (QED) is 0.665. The molecule has 0 aromatic heterocycles. The number of aryl methyl sites for hydroxylation is 1. The molecule has 66 valence electrons. The molecule has 0 nitrogen and oxygen atoms in total. The fourth-order valence-electron chi connectivity index (χ4n) is 0.897. The molecule has 0 aliphatic rings. The van der Waals surface area contributed by atoms with Crippen LogP contribution in [0.2, 0.25) is 0 Å². The third kappa shape index (κ3) is 2.16. The molecule has 0 saturated carbocycles. The topological polar surface area (TPSA) is 0 Å². The van der Waals surface area contributed by atoms with Crippen LogP contribution in [0, 0.1) is 10.5 Å². The molecule has 0 spiro atoms. The summed E-state index contributed by atoms with van der Waals surface area (Å²) in [6, 6.07) is 3.22. The molecule has 1 aromatic carbocycles. The van der Waals surface area contributed by atoms with Crippen LogP contribution in [0.4, 0.5) is 8.78 Å². The molecule has 0 radical (unpaired) electrons. The largest absolute Gasteiger partial charge is 0.264 e. The zero-order valence-corrected chi connectivity index (χ0v) is 9.99. The maximum atomic E-state index is 12.3. The Morgan fingerprint density at radius 2 is 2.00 bits per heavy atom. The van der Waals surface area contributed by atoms with Crippen molar-refractivity contribution in [2.45, 2.75) is 13.3 Å². The lowest BCUT2D eigenvalue weighted by Crippen LogP contribution is -1.91. The Morgan fingerprint density at radius 1 is 1.42 bits per heavy atom. The molecular formula is C8H6BrF2I. The van der Waals surface area contributed by atoms with E-state index in [2.05, 4.69) is 38.5 Å². The predicted octanol–water partition coefficient (Wildman–Crippen LogP) is 4.30. The lowest BCUT2D eigenvalue weighted by Gasteiger charge is -2.06. The van der Waals surface area contributed by atoms with E-state index in [9.17, 15) is 8.78 Å². The van der Waals surface area contributed by atoms with Gasteiger partial charge in [0.25, 0.3) is 6.43 Å². The van der Waals surface area contributed by atoms with Gasteiger partial charge in [-0.1, -0.05) is 0 Å². The van der Waals surface area contributed by atoms with Gasteiger partial charge in [0.05, 0.1) is 0 Å². The average Bonchev–Trinajstić information content (AvgIpc) is 1.96. The van der Waals surface area contributed by atoms with Crippen LogP contribution in [0.15, 0.2) is 16.6 Å². The fourth-order valence-corrected chi connectivity index (χ4v) is 1.88. The van der Waals surface area contributed by atoms with Crippen molar-refractivity contribution < 1.29 is 8.78 Å². The monoisotopic (exact) mass is 346 g/mol. The van der Waals surface area contributed by atoms with Gasteiger partial charge in [0.15, 0.2) is 0 Å². The van der Waals surface area contributed by atoms with Crippen molar-refractivity contribution in [3.8, 4) is 0 Å². The number of hydrogen-bond donors (Lipinski definition) is 0. The van der Waals surface area contributed by atoms with Crippen molar-refractivity contribution in [1.82, 2.24) is 0 Å². The highest BCUT2D eigenvalue weighted by atomic mass is 127. The summed E-state index contributed by atoms with van der Waals surface area (Å²) in [4.78, 5) is 0. The van der Waals surface area contributed by atoms with Gasteiger partial charge in [0, 0.05) is 13.6 Å². The molecule has 0 fully saturated rings. The van der Waals surface area contributed by atoms with Crippen LogP contribution >= 0.6 is 38.5 Å². The van der Waals surface area contributed by atoms with Crippen LogP contribution in [0.25, 0.3) is 0 Å². The van der Waals surface area contributed by atoms with Crippen LogP contribution < -0.4 is 0 Å². The number of rotatable bonds is 1. The minimum Gasteiger partial charge on any atom is -0.205 e. The van der Waals surface area contributed by atoms with Crippen molar-refractivity contribution in [3.05, 3.63) is 31.3 Å². The second-order valence-electron chi connectivity index (χ2n) is 2.42. The summed E-state index contributed by atoms with van der Waals surface area (Å²) in [6.07, 6.45) is -2.39.